The zero-order chi connectivity index (χ0) is 12.0. The van der Waals surface area contributed by atoms with Crippen molar-refractivity contribution in [3.63, 3.8) is 0 Å². The second-order valence-corrected chi connectivity index (χ2v) is 5.42. The summed E-state index contributed by atoms with van der Waals surface area (Å²) in [5.74, 6) is 1.22. The number of nitrogens with one attached hydrogen (secondary N) is 1. The normalized spacial score (nSPS) is 25.8. The van der Waals surface area contributed by atoms with Crippen molar-refractivity contribution in [2.75, 3.05) is 6.54 Å². The maximum Gasteiger partial charge on any atom is 0.220 e. The van der Waals surface area contributed by atoms with Crippen molar-refractivity contribution < 1.29 is 9.90 Å². The largest absolute Gasteiger partial charge is 0.393 e. The van der Waals surface area contributed by atoms with Gasteiger partial charge in [-0.3, -0.25) is 4.79 Å². The molecule has 1 rings (SSSR count). The van der Waals surface area contributed by atoms with Crippen molar-refractivity contribution in [3.05, 3.63) is 0 Å². The third-order valence-electron chi connectivity index (χ3n) is 3.29. The van der Waals surface area contributed by atoms with Gasteiger partial charge in [-0.2, -0.15) is 0 Å². The molecule has 0 saturated heterocycles. The molecule has 0 aromatic rings. The van der Waals surface area contributed by atoms with Crippen LogP contribution in [0.4, 0.5) is 0 Å². The molecule has 0 heterocycles. The second kappa shape index (κ2) is 6.89. The maximum atomic E-state index is 11.5. The number of rotatable bonds is 5. The molecule has 2 unspecified atom stereocenters. The van der Waals surface area contributed by atoms with E-state index in [-0.39, 0.29) is 12.0 Å². The minimum absolute atomic E-state index is 0.147. The molecule has 0 radical (unpaired) electrons. The van der Waals surface area contributed by atoms with Crippen molar-refractivity contribution in [2.45, 2.75) is 58.5 Å². The molecule has 0 spiro atoms. The Morgan fingerprint density at radius 2 is 2.19 bits per heavy atom. The fourth-order valence-corrected chi connectivity index (χ4v) is 2.21. The van der Waals surface area contributed by atoms with Gasteiger partial charge >= 0.3 is 0 Å². The van der Waals surface area contributed by atoms with Gasteiger partial charge in [-0.15, -0.1) is 0 Å². The van der Waals surface area contributed by atoms with E-state index in [1.165, 1.54) is 0 Å². The van der Waals surface area contributed by atoms with Gasteiger partial charge in [-0.25, -0.2) is 0 Å². The molecular weight excluding hydrogens is 202 g/mol. The van der Waals surface area contributed by atoms with Gasteiger partial charge < -0.3 is 10.4 Å². The molecular formula is C13H25NO2. The fourth-order valence-electron chi connectivity index (χ4n) is 2.21. The van der Waals surface area contributed by atoms with Gasteiger partial charge in [-0.05, 0) is 37.5 Å². The lowest BCUT2D eigenvalue weighted by Gasteiger charge is -2.25. The van der Waals surface area contributed by atoms with Crippen LogP contribution in [-0.4, -0.2) is 23.7 Å². The number of hydrogen-bond donors (Lipinski definition) is 2. The maximum absolute atomic E-state index is 11.5. The van der Waals surface area contributed by atoms with E-state index in [1.54, 1.807) is 0 Å². The monoisotopic (exact) mass is 227 g/mol. The van der Waals surface area contributed by atoms with E-state index in [2.05, 4.69) is 19.2 Å². The number of carbonyl (C=O) groups excluding carboxylic acids is 1. The van der Waals surface area contributed by atoms with E-state index in [0.717, 1.165) is 38.6 Å². The summed E-state index contributed by atoms with van der Waals surface area (Å²) in [4.78, 5) is 11.5. The first-order valence-electron chi connectivity index (χ1n) is 6.52. The summed E-state index contributed by atoms with van der Waals surface area (Å²) in [7, 11) is 0. The topological polar surface area (TPSA) is 49.3 Å². The molecule has 1 amide bonds. The van der Waals surface area contributed by atoms with Gasteiger partial charge in [0.25, 0.3) is 0 Å². The van der Waals surface area contributed by atoms with Crippen molar-refractivity contribution in [1.29, 1.82) is 0 Å². The standard InChI is InChI=1S/C13H25NO2/c1-10(2)6-7-13(16)14-9-11-4-3-5-12(15)8-11/h10-12,15H,3-9H2,1-2H3,(H,14,16). The molecule has 94 valence electrons. The number of carbonyl (C=O) groups is 1. The first kappa shape index (κ1) is 13.5. The molecule has 2 N–H and O–H groups in total. The summed E-state index contributed by atoms with van der Waals surface area (Å²) in [6.07, 6.45) is 5.45. The molecule has 3 nitrogen and oxygen atoms in total. The van der Waals surface area contributed by atoms with Crippen molar-refractivity contribution in [2.24, 2.45) is 11.8 Å². The van der Waals surface area contributed by atoms with Crippen LogP contribution in [0.1, 0.15) is 52.4 Å². The number of hydrogen-bond acceptors (Lipinski definition) is 2. The molecule has 1 fully saturated rings. The summed E-state index contributed by atoms with van der Waals surface area (Å²) >= 11 is 0. The molecule has 0 bridgehead atoms. The van der Waals surface area contributed by atoms with E-state index in [1.807, 2.05) is 0 Å². The summed E-state index contributed by atoms with van der Waals surface area (Å²) in [6, 6.07) is 0. The Morgan fingerprint density at radius 3 is 2.81 bits per heavy atom. The Bertz CT molecular complexity index is 216. The van der Waals surface area contributed by atoms with Crippen molar-refractivity contribution in [3.8, 4) is 0 Å². The lowest BCUT2D eigenvalue weighted by Crippen LogP contribution is -2.32. The van der Waals surface area contributed by atoms with Crippen molar-refractivity contribution in [1.82, 2.24) is 5.32 Å². The summed E-state index contributed by atoms with van der Waals surface area (Å²) < 4.78 is 0. The summed E-state index contributed by atoms with van der Waals surface area (Å²) in [5.41, 5.74) is 0. The minimum atomic E-state index is -0.147. The van der Waals surface area contributed by atoms with Crippen LogP contribution in [0.3, 0.4) is 0 Å². The first-order chi connectivity index (χ1) is 7.58. The van der Waals surface area contributed by atoms with E-state index in [9.17, 15) is 9.90 Å². The van der Waals surface area contributed by atoms with Crippen LogP contribution < -0.4 is 5.32 Å². The highest BCUT2D eigenvalue weighted by molar-refractivity contribution is 5.75. The lowest BCUT2D eigenvalue weighted by molar-refractivity contribution is -0.121. The average Bonchev–Trinajstić information content (AvgIpc) is 2.23. The first-order valence-corrected chi connectivity index (χ1v) is 6.52. The van der Waals surface area contributed by atoms with Gasteiger partial charge in [0.1, 0.15) is 0 Å². The lowest BCUT2D eigenvalue weighted by atomic mass is 9.87. The molecule has 3 heteroatoms. The molecule has 1 saturated carbocycles. The van der Waals surface area contributed by atoms with Crippen LogP contribution in [0.25, 0.3) is 0 Å². The third-order valence-corrected chi connectivity index (χ3v) is 3.29. The van der Waals surface area contributed by atoms with E-state index >= 15 is 0 Å². The Balaban J connectivity index is 2.11. The smallest absolute Gasteiger partial charge is 0.220 e. The molecule has 0 aromatic heterocycles. The molecule has 1 aliphatic rings. The van der Waals surface area contributed by atoms with Gasteiger partial charge in [0.15, 0.2) is 0 Å². The zero-order valence-corrected chi connectivity index (χ0v) is 10.5. The summed E-state index contributed by atoms with van der Waals surface area (Å²) in [6.45, 7) is 5.00. The highest BCUT2D eigenvalue weighted by Crippen LogP contribution is 2.23. The predicted molar refractivity (Wildman–Crippen MR) is 65.0 cm³/mol. The highest BCUT2D eigenvalue weighted by Gasteiger charge is 2.20. The van der Waals surface area contributed by atoms with Gasteiger partial charge in [0.05, 0.1) is 6.10 Å². The van der Waals surface area contributed by atoms with Crippen molar-refractivity contribution >= 4 is 5.91 Å². The van der Waals surface area contributed by atoms with Crippen LogP contribution in [-0.2, 0) is 4.79 Å². The van der Waals surface area contributed by atoms with Gasteiger partial charge in [0, 0.05) is 13.0 Å². The molecule has 2 atom stereocenters. The minimum Gasteiger partial charge on any atom is -0.393 e. The fraction of sp³-hybridized carbons (Fsp3) is 0.923. The van der Waals surface area contributed by atoms with Gasteiger partial charge in [0.2, 0.25) is 5.91 Å². The highest BCUT2D eigenvalue weighted by atomic mass is 16.3. The SMILES string of the molecule is CC(C)CCC(=O)NCC1CCCC(O)C1. The van der Waals surface area contributed by atoms with Crippen LogP contribution in [0.15, 0.2) is 0 Å². The van der Waals surface area contributed by atoms with E-state index < -0.39 is 0 Å². The molecule has 1 aliphatic carbocycles. The predicted octanol–water partition coefficient (Wildman–Crippen LogP) is 2.09. The molecule has 0 aromatic carbocycles. The Morgan fingerprint density at radius 1 is 1.44 bits per heavy atom. The number of aliphatic hydroxyl groups is 1. The van der Waals surface area contributed by atoms with Crippen LogP contribution in [0, 0.1) is 11.8 Å². The second-order valence-electron chi connectivity index (χ2n) is 5.42. The average molecular weight is 227 g/mol. The number of amides is 1. The molecule has 0 aliphatic heterocycles. The third kappa shape index (κ3) is 5.50. The van der Waals surface area contributed by atoms with Crippen LogP contribution in [0.5, 0.6) is 0 Å². The Kier molecular flexibility index (Phi) is 5.81. The summed E-state index contributed by atoms with van der Waals surface area (Å²) in [5, 5.41) is 12.5. The van der Waals surface area contributed by atoms with E-state index in [4.69, 9.17) is 0 Å². The van der Waals surface area contributed by atoms with E-state index in [0.29, 0.717) is 18.3 Å². The van der Waals surface area contributed by atoms with Gasteiger partial charge in [-0.1, -0.05) is 20.3 Å². The van der Waals surface area contributed by atoms with Crippen LogP contribution in [0.2, 0.25) is 0 Å². The molecule has 16 heavy (non-hydrogen) atoms. The number of aliphatic hydroxyl groups excluding tert-OH is 1. The zero-order valence-electron chi connectivity index (χ0n) is 10.5. The quantitative estimate of drug-likeness (QED) is 0.755. The van der Waals surface area contributed by atoms with Crippen LogP contribution >= 0.6 is 0 Å². The Labute approximate surface area is 98.6 Å². The Hall–Kier alpha value is -0.570.